The molecule has 1 atom stereocenters. The number of hydrogen-bond donors (Lipinski definition) is 2. The van der Waals surface area contributed by atoms with Gasteiger partial charge >= 0.3 is 0 Å². The van der Waals surface area contributed by atoms with Gasteiger partial charge in [-0.1, -0.05) is 6.42 Å². The van der Waals surface area contributed by atoms with Crippen molar-refractivity contribution in [1.82, 2.24) is 10.2 Å². The molecule has 0 saturated carbocycles. The average molecular weight is 215 g/mol. The van der Waals surface area contributed by atoms with Gasteiger partial charge in [0, 0.05) is 19.0 Å². The van der Waals surface area contributed by atoms with Gasteiger partial charge in [-0.25, -0.2) is 0 Å². The van der Waals surface area contributed by atoms with Gasteiger partial charge in [0.1, 0.15) is 0 Å². The summed E-state index contributed by atoms with van der Waals surface area (Å²) in [6, 6.07) is 0.224. The molecule has 0 saturated heterocycles. The Morgan fingerprint density at radius 1 is 1.33 bits per heavy atom. The molecule has 0 spiro atoms. The molecule has 0 aromatic heterocycles. The third-order valence-electron chi connectivity index (χ3n) is 2.15. The fraction of sp³-hybridized carbons (Fsp3) is 0.909. The summed E-state index contributed by atoms with van der Waals surface area (Å²) in [7, 11) is 4.01. The van der Waals surface area contributed by atoms with Crippen LogP contribution in [0.5, 0.6) is 0 Å². The van der Waals surface area contributed by atoms with E-state index in [0.717, 1.165) is 32.4 Å². The highest BCUT2D eigenvalue weighted by Gasteiger charge is 2.07. The molecule has 0 aromatic carbocycles. The first-order valence-electron chi connectivity index (χ1n) is 5.70. The zero-order valence-corrected chi connectivity index (χ0v) is 10.3. The minimum atomic E-state index is 0.154. The molecule has 90 valence electrons. The molecular formula is C11H25N3O. The Labute approximate surface area is 93.2 Å². The van der Waals surface area contributed by atoms with Crippen LogP contribution >= 0.6 is 0 Å². The van der Waals surface area contributed by atoms with E-state index in [1.807, 2.05) is 21.0 Å². The molecule has 0 bridgehead atoms. The van der Waals surface area contributed by atoms with Gasteiger partial charge in [-0.15, -0.1) is 0 Å². The highest BCUT2D eigenvalue weighted by Crippen LogP contribution is 1.98. The van der Waals surface area contributed by atoms with E-state index >= 15 is 0 Å². The molecule has 0 aromatic rings. The fourth-order valence-electron chi connectivity index (χ4n) is 1.55. The number of unbranched alkanes of at least 4 members (excludes halogenated alkanes) is 2. The second-order valence-electron chi connectivity index (χ2n) is 4.33. The van der Waals surface area contributed by atoms with Crippen LogP contribution in [0.15, 0.2) is 0 Å². The Balaban J connectivity index is 3.47. The van der Waals surface area contributed by atoms with Crippen molar-refractivity contribution in [3.05, 3.63) is 0 Å². The molecule has 3 N–H and O–H groups in total. The summed E-state index contributed by atoms with van der Waals surface area (Å²) in [5.74, 6) is 0.154. The van der Waals surface area contributed by atoms with Crippen LogP contribution < -0.4 is 11.1 Å². The Kier molecular flexibility index (Phi) is 8.33. The lowest BCUT2D eigenvalue weighted by Gasteiger charge is -2.18. The number of amides is 1. The van der Waals surface area contributed by atoms with Crippen molar-refractivity contribution in [1.29, 1.82) is 0 Å². The Hall–Kier alpha value is -0.610. The van der Waals surface area contributed by atoms with Crippen LogP contribution in [0.25, 0.3) is 0 Å². The minimum Gasteiger partial charge on any atom is -0.352 e. The molecule has 0 aliphatic carbocycles. The monoisotopic (exact) mass is 215 g/mol. The molecule has 1 amide bonds. The smallest absolute Gasteiger partial charge is 0.220 e. The lowest BCUT2D eigenvalue weighted by Crippen LogP contribution is -2.39. The highest BCUT2D eigenvalue weighted by molar-refractivity contribution is 5.76. The number of nitrogens with zero attached hydrogens (tertiary/aromatic N) is 1. The van der Waals surface area contributed by atoms with Gasteiger partial charge in [0.25, 0.3) is 0 Å². The Morgan fingerprint density at radius 2 is 2.00 bits per heavy atom. The van der Waals surface area contributed by atoms with E-state index in [9.17, 15) is 4.79 Å². The molecule has 0 fully saturated rings. The normalized spacial score (nSPS) is 12.9. The molecule has 15 heavy (non-hydrogen) atoms. The van der Waals surface area contributed by atoms with E-state index in [1.165, 1.54) is 0 Å². The van der Waals surface area contributed by atoms with E-state index in [0.29, 0.717) is 6.42 Å². The zero-order chi connectivity index (χ0) is 11.7. The highest BCUT2D eigenvalue weighted by atomic mass is 16.1. The van der Waals surface area contributed by atoms with Crippen LogP contribution in [0.2, 0.25) is 0 Å². The van der Waals surface area contributed by atoms with Gasteiger partial charge in [-0.05, 0) is 40.4 Å². The lowest BCUT2D eigenvalue weighted by molar-refractivity contribution is -0.121. The molecule has 4 heteroatoms. The second kappa shape index (κ2) is 8.68. The average Bonchev–Trinajstić information content (AvgIpc) is 2.10. The van der Waals surface area contributed by atoms with Crippen LogP contribution in [-0.4, -0.2) is 44.0 Å². The number of hydrogen-bond acceptors (Lipinski definition) is 3. The van der Waals surface area contributed by atoms with E-state index in [2.05, 4.69) is 10.2 Å². The number of rotatable bonds is 8. The van der Waals surface area contributed by atoms with Crippen molar-refractivity contribution < 1.29 is 4.79 Å². The topological polar surface area (TPSA) is 58.4 Å². The molecule has 4 nitrogen and oxygen atoms in total. The molecule has 0 aliphatic rings. The first-order chi connectivity index (χ1) is 7.06. The number of nitrogens with one attached hydrogen (secondary N) is 1. The van der Waals surface area contributed by atoms with Gasteiger partial charge in [-0.3, -0.25) is 4.79 Å². The van der Waals surface area contributed by atoms with Gasteiger partial charge in [-0.2, -0.15) is 0 Å². The van der Waals surface area contributed by atoms with Gasteiger partial charge < -0.3 is 16.0 Å². The van der Waals surface area contributed by atoms with E-state index in [1.54, 1.807) is 0 Å². The predicted octanol–water partition coefficient (Wildman–Crippen LogP) is 0.572. The van der Waals surface area contributed by atoms with Crippen LogP contribution in [0.1, 0.15) is 32.6 Å². The molecule has 0 rings (SSSR count). The summed E-state index contributed by atoms with van der Waals surface area (Å²) in [6.07, 6.45) is 3.63. The maximum atomic E-state index is 11.4. The summed E-state index contributed by atoms with van der Waals surface area (Å²) < 4.78 is 0. The number of nitrogens with two attached hydrogens (primary N) is 1. The molecule has 0 radical (unpaired) electrons. The van der Waals surface area contributed by atoms with Gasteiger partial charge in [0.2, 0.25) is 5.91 Å². The van der Waals surface area contributed by atoms with Crippen LogP contribution in [0, 0.1) is 0 Å². The van der Waals surface area contributed by atoms with Crippen molar-refractivity contribution >= 4 is 5.91 Å². The molecular weight excluding hydrogens is 190 g/mol. The summed E-state index contributed by atoms with van der Waals surface area (Å²) in [4.78, 5) is 13.5. The second-order valence-corrected chi connectivity index (χ2v) is 4.33. The quantitative estimate of drug-likeness (QED) is 0.582. The van der Waals surface area contributed by atoms with Crippen molar-refractivity contribution in [2.24, 2.45) is 5.73 Å². The molecule has 0 heterocycles. The SMILES string of the molecule is CC(CN(C)C)NC(=O)CCCCCN. The minimum absolute atomic E-state index is 0.154. The Bertz CT molecular complexity index is 171. The van der Waals surface area contributed by atoms with E-state index in [-0.39, 0.29) is 11.9 Å². The summed E-state index contributed by atoms with van der Waals surface area (Å²) in [5.41, 5.74) is 5.37. The zero-order valence-electron chi connectivity index (χ0n) is 10.3. The Morgan fingerprint density at radius 3 is 2.53 bits per heavy atom. The van der Waals surface area contributed by atoms with Crippen molar-refractivity contribution in [3.63, 3.8) is 0 Å². The maximum absolute atomic E-state index is 11.4. The van der Waals surface area contributed by atoms with Crippen molar-refractivity contribution in [2.75, 3.05) is 27.2 Å². The van der Waals surface area contributed by atoms with Gasteiger partial charge in [0.15, 0.2) is 0 Å². The van der Waals surface area contributed by atoms with Crippen LogP contribution in [-0.2, 0) is 4.79 Å². The van der Waals surface area contributed by atoms with Crippen molar-refractivity contribution in [3.8, 4) is 0 Å². The number of carbonyl (C=O) groups is 1. The summed E-state index contributed by atoms with van der Waals surface area (Å²) in [6.45, 7) is 3.63. The third kappa shape index (κ3) is 9.69. The van der Waals surface area contributed by atoms with Crippen LogP contribution in [0.4, 0.5) is 0 Å². The number of carbonyl (C=O) groups excluding carboxylic acids is 1. The number of likely N-dealkylation sites (N-methyl/N-ethyl adjacent to an activating group) is 1. The largest absolute Gasteiger partial charge is 0.352 e. The standard InChI is InChI=1S/C11H25N3O/c1-10(9-14(2)3)13-11(15)7-5-4-6-8-12/h10H,4-9,12H2,1-3H3,(H,13,15). The van der Waals surface area contributed by atoms with E-state index in [4.69, 9.17) is 5.73 Å². The summed E-state index contributed by atoms with van der Waals surface area (Å²) >= 11 is 0. The van der Waals surface area contributed by atoms with Gasteiger partial charge in [0.05, 0.1) is 0 Å². The fourth-order valence-corrected chi connectivity index (χ4v) is 1.55. The summed E-state index contributed by atoms with van der Waals surface area (Å²) in [5, 5.41) is 2.98. The van der Waals surface area contributed by atoms with Crippen LogP contribution in [0.3, 0.4) is 0 Å². The van der Waals surface area contributed by atoms with E-state index < -0.39 is 0 Å². The third-order valence-corrected chi connectivity index (χ3v) is 2.15. The molecule has 0 aliphatic heterocycles. The van der Waals surface area contributed by atoms with Crippen molar-refractivity contribution in [2.45, 2.75) is 38.6 Å². The first kappa shape index (κ1) is 14.4. The predicted molar refractivity (Wildman–Crippen MR) is 63.7 cm³/mol. The molecule has 1 unspecified atom stereocenters. The maximum Gasteiger partial charge on any atom is 0.220 e. The first-order valence-corrected chi connectivity index (χ1v) is 5.70. The lowest BCUT2D eigenvalue weighted by atomic mass is 10.2.